The molecule has 3 N–H and O–H groups in total. The summed E-state index contributed by atoms with van der Waals surface area (Å²) >= 11 is 0. The molecule has 72 valence electrons. The summed E-state index contributed by atoms with van der Waals surface area (Å²) in [7, 11) is 0. The maximum absolute atomic E-state index is 9.59. The molecule has 0 radical (unpaired) electrons. The molecule has 0 unspecified atom stereocenters. The number of aliphatic hydroxyl groups is 1. The Bertz CT molecular complexity index is 150. The summed E-state index contributed by atoms with van der Waals surface area (Å²) in [6.45, 7) is 6.71. The highest BCUT2D eigenvalue weighted by Gasteiger charge is 2.33. The number of hydrogen-bond donors (Lipinski definition) is 2. The number of rotatable bonds is 0. The van der Waals surface area contributed by atoms with Gasteiger partial charge in [0.15, 0.2) is 0 Å². The lowest BCUT2D eigenvalue weighted by Crippen LogP contribution is -2.42. The molecule has 0 aliphatic heterocycles. The molecule has 0 aromatic heterocycles. The normalized spacial score (nSPS) is 38.2. The van der Waals surface area contributed by atoms with Gasteiger partial charge in [0.1, 0.15) is 0 Å². The van der Waals surface area contributed by atoms with Crippen LogP contribution in [0.25, 0.3) is 0 Å². The summed E-state index contributed by atoms with van der Waals surface area (Å²) in [5.41, 5.74) is 6.05. The van der Waals surface area contributed by atoms with E-state index in [1.807, 2.05) is 0 Å². The first-order valence-electron chi connectivity index (χ1n) is 4.85. The highest BCUT2D eigenvalue weighted by atomic mass is 16.3. The van der Waals surface area contributed by atoms with Crippen molar-refractivity contribution in [1.82, 2.24) is 0 Å². The fourth-order valence-electron chi connectivity index (χ4n) is 1.96. The molecule has 0 amide bonds. The van der Waals surface area contributed by atoms with Crippen LogP contribution < -0.4 is 5.73 Å². The van der Waals surface area contributed by atoms with Crippen molar-refractivity contribution in [3.8, 4) is 0 Å². The van der Waals surface area contributed by atoms with Gasteiger partial charge in [-0.05, 0) is 30.6 Å². The van der Waals surface area contributed by atoms with E-state index in [1.54, 1.807) is 0 Å². The summed E-state index contributed by atoms with van der Waals surface area (Å²) in [5, 5.41) is 9.59. The van der Waals surface area contributed by atoms with Crippen LogP contribution in [0.15, 0.2) is 0 Å². The highest BCUT2D eigenvalue weighted by Crippen LogP contribution is 2.37. The Labute approximate surface area is 75.2 Å². The van der Waals surface area contributed by atoms with Crippen molar-refractivity contribution in [2.45, 2.75) is 52.2 Å². The third-order valence-corrected chi connectivity index (χ3v) is 3.09. The summed E-state index contributed by atoms with van der Waals surface area (Å²) in [6.07, 6.45) is 2.75. The molecule has 2 heteroatoms. The maximum Gasteiger partial charge on any atom is 0.0693 e. The highest BCUT2D eigenvalue weighted by molar-refractivity contribution is 4.86. The molecule has 1 aliphatic rings. The molecule has 0 saturated heterocycles. The first-order valence-corrected chi connectivity index (χ1v) is 4.85. The van der Waals surface area contributed by atoms with Crippen LogP contribution in [-0.4, -0.2) is 17.3 Å². The van der Waals surface area contributed by atoms with E-state index in [4.69, 9.17) is 5.73 Å². The topological polar surface area (TPSA) is 46.2 Å². The predicted molar refractivity (Wildman–Crippen MR) is 50.8 cm³/mol. The summed E-state index contributed by atoms with van der Waals surface area (Å²) < 4.78 is 0. The lowest BCUT2D eigenvalue weighted by Gasteiger charge is -2.38. The molecule has 1 aliphatic carbocycles. The third kappa shape index (κ3) is 2.20. The number of aliphatic hydroxyl groups excluding tert-OH is 1. The lowest BCUT2D eigenvalue weighted by molar-refractivity contribution is 0.0430. The van der Waals surface area contributed by atoms with Crippen molar-refractivity contribution in [3.63, 3.8) is 0 Å². The lowest BCUT2D eigenvalue weighted by atomic mass is 9.70. The molecule has 2 nitrogen and oxygen atoms in total. The van der Waals surface area contributed by atoms with Gasteiger partial charge in [-0.15, -0.1) is 0 Å². The van der Waals surface area contributed by atoms with Crippen molar-refractivity contribution in [1.29, 1.82) is 0 Å². The van der Waals surface area contributed by atoms with E-state index in [-0.39, 0.29) is 12.1 Å². The minimum Gasteiger partial charge on any atom is -0.392 e. The molecule has 1 fully saturated rings. The van der Waals surface area contributed by atoms with Crippen LogP contribution >= 0.6 is 0 Å². The van der Waals surface area contributed by atoms with Gasteiger partial charge in [-0.2, -0.15) is 0 Å². The average molecular weight is 171 g/mol. The van der Waals surface area contributed by atoms with Crippen molar-refractivity contribution in [3.05, 3.63) is 0 Å². The Morgan fingerprint density at radius 1 is 1.25 bits per heavy atom. The van der Waals surface area contributed by atoms with Gasteiger partial charge in [0.05, 0.1) is 6.10 Å². The van der Waals surface area contributed by atoms with Crippen LogP contribution in [-0.2, 0) is 0 Å². The molecule has 0 aromatic carbocycles. The van der Waals surface area contributed by atoms with Gasteiger partial charge in [0.2, 0.25) is 0 Å². The van der Waals surface area contributed by atoms with Crippen LogP contribution in [0, 0.1) is 11.3 Å². The second-order valence-corrected chi connectivity index (χ2v) is 5.11. The molecular formula is C10H21NO. The third-order valence-electron chi connectivity index (χ3n) is 3.09. The van der Waals surface area contributed by atoms with E-state index in [2.05, 4.69) is 20.8 Å². The SMILES string of the molecule is CC(C)(C)[C@H]1CC[C@@H](N)[C@H](O)C1. The van der Waals surface area contributed by atoms with Gasteiger partial charge in [0.25, 0.3) is 0 Å². The summed E-state index contributed by atoms with van der Waals surface area (Å²) in [6, 6.07) is 0.0172. The Hall–Kier alpha value is -0.0800. The van der Waals surface area contributed by atoms with Gasteiger partial charge < -0.3 is 10.8 Å². The zero-order chi connectivity index (χ0) is 9.35. The summed E-state index contributed by atoms with van der Waals surface area (Å²) in [4.78, 5) is 0. The first-order chi connectivity index (χ1) is 5.41. The minimum absolute atomic E-state index is 0.0172. The average Bonchev–Trinajstić information content (AvgIpc) is 1.92. The van der Waals surface area contributed by atoms with E-state index < -0.39 is 0 Å². The Morgan fingerprint density at radius 3 is 2.25 bits per heavy atom. The summed E-state index contributed by atoms with van der Waals surface area (Å²) in [5.74, 6) is 0.632. The Balaban J connectivity index is 2.51. The van der Waals surface area contributed by atoms with Gasteiger partial charge in [-0.25, -0.2) is 0 Å². The van der Waals surface area contributed by atoms with Crippen LogP contribution in [0.2, 0.25) is 0 Å². The molecule has 0 heterocycles. The smallest absolute Gasteiger partial charge is 0.0693 e. The fourth-order valence-corrected chi connectivity index (χ4v) is 1.96. The molecule has 0 bridgehead atoms. The molecular weight excluding hydrogens is 150 g/mol. The monoisotopic (exact) mass is 171 g/mol. The molecule has 1 saturated carbocycles. The van der Waals surface area contributed by atoms with Crippen molar-refractivity contribution in [2.24, 2.45) is 17.1 Å². The Morgan fingerprint density at radius 2 is 1.83 bits per heavy atom. The van der Waals surface area contributed by atoms with Gasteiger partial charge in [0, 0.05) is 6.04 Å². The van der Waals surface area contributed by atoms with E-state index >= 15 is 0 Å². The Kier molecular flexibility index (Phi) is 2.79. The van der Waals surface area contributed by atoms with Crippen molar-refractivity contribution < 1.29 is 5.11 Å². The largest absolute Gasteiger partial charge is 0.392 e. The van der Waals surface area contributed by atoms with Crippen LogP contribution in [0.1, 0.15) is 40.0 Å². The van der Waals surface area contributed by atoms with Crippen molar-refractivity contribution >= 4 is 0 Å². The standard InChI is InChI=1S/C10H21NO/c1-10(2,3)7-4-5-8(11)9(12)6-7/h7-9,12H,4-6,11H2,1-3H3/t7-,8+,9+/m0/s1. The van der Waals surface area contributed by atoms with E-state index in [0.29, 0.717) is 11.3 Å². The minimum atomic E-state index is -0.275. The maximum atomic E-state index is 9.59. The van der Waals surface area contributed by atoms with E-state index in [1.165, 1.54) is 6.42 Å². The van der Waals surface area contributed by atoms with Crippen LogP contribution in [0.5, 0.6) is 0 Å². The van der Waals surface area contributed by atoms with Gasteiger partial charge in [-0.3, -0.25) is 0 Å². The zero-order valence-corrected chi connectivity index (χ0v) is 8.38. The molecule has 12 heavy (non-hydrogen) atoms. The molecule has 1 rings (SSSR count). The second-order valence-electron chi connectivity index (χ2n) is 5.11. The zero-order valence-electron chi connectivity index (χ0n) is 8.38. The first kappa shape index (κ1) is 10.0. The van der Waals surface area contributed by atoms with Crippen LogP contribution in [0.3, 0.4) is 0 Å². The fraction of sp³-hybridized carbons (Fsp3) is 1.00. The predicted octanol–water partition coefficient (Wildman–Crippen LogP) is 1.52. The molecule has 0 aromatic rings. The van der Waals surface area contributed by atoms with Gasteiger partial charge >= 0.3 is 0 Å². The number of nitrogens with two attached hydrogens (primary N) is 1. The van der Waals surface area contributed by atoms with Crippen LogP contribution in [0.4, 0.5) is 0 Å². The second kappa shape index (κ2) is 3.35. The van der Waals surface area contributed by atoms with Crippen molar-refractivity contribution in [2.75, 3.05) is 0 Å². The molecule has 3 atom stereocenters. The van der Waals surface area contributed by atoms with E-state index in [0.717, 1.165) is 12.8 Å². The van der Waals surface area contributed by atoms with Gasteiger partial charge in [-0.1, -0.05) is 20.8 Å². The number of hydrogen-bond acceptors (Lipinski definition) is 2. The van der Waals surface area contributed by atoms with E-state index in [9.17, 15) is 5.11 Å². The molecule has 0 spiro atoms. The quantitative estimate of drug-likeness (QED) is 0.580.